The van der Waals surface area contributed by atoms with Crippen LogP contribution in [0.25, 0.3) is 0 Å². The van der Waals surface area contributed by atoms with Gasteiger partial charge in [-0.25, -0.2) is 9.13 Å². The maximum absolute atomic E-state index is 12.9. The predicted molar refractivity (Wildman–Crippen MR) is 390 cm³/mol. The van der Waals surface area contributed by atoms with Crippen molar-refractivity contribution in [3.05, 3.63) is 97.2 Å². The first-order chi connectivity index (χ1) is 46.2. The first-order valence-electron chi connectivity index (χ1n) is 37.5. The van der Waals surface area contributed by atoms with Gasteiger partial charge in [-0.05, 0) is 103 Å². The number of hydrogen-bond donors (Lipinski definition) is 4. The molecule has 0 rings (SSSR count). The van der Waals surface area contributed by atoms with E-state index in [0.29, 0.717) is 19.3 Å². The summed E-state index contributed by atoms with van der Waals surface area (Å²) >= 11 is 0. The van der Waals surface area contributed by atoms with E-state index in [-0.39, 0.29) is 19.3 Å². The van der Waals surface area contributed by atoms with Gasteiger partial charge in [0.1, 0.15) is 25.4 Å². The highest BCUT2D eigenvalue weighted by Crippen LogP contribution is 2.45. The van der Waals surface area contributed by atoms with E-state index in [2.05, 4.69) is 118 Å². The Morgan fingerprint density at radius 1 is 0.305 bits per heavy atom. The first kappa shape index (κ1) is 91.5. The Hall–Kier alpha value is -3.53. The van der Waals surface area contributed by atoms with Gasteiger partial charge in [-0.3, -0.25) is 32.5 Å². The average molecular weight is 1380 g/mol. The topological polar surface area (TPSA) is 231 Å². The fraction of sp³-hybridized carbons (Fsp3) is 0.753. The van der Waals surface area contributed by atoms with Crippen molar-refractivity contribution < 1.29 is 75.8 Å². The Morgan fingerprint density at radius 3 is 0.905 bits per heavy atom. The highest BCUT2D eigenvalue weighted by atomic mass is 31.2. The minimum Gasteiger partial charge on any atom is -0.463 e. The smallest absolute Gasteiger partial charge is 0.463 e. The SMILES string of the molecule is CC/C=C\C/C=C\C/C=C\C/C=C\C/C=C\C/C=C\CCCCCCCCCCCCCCC(=O)OCC(O)COP(=O)(O)OCC(O)COP(=O)(O)OCC(COC(=O)CCCCCCC/C=C\C/C=C\CCCCC)OC(=O)CCCCCCCCCCCCCCC. The number of unbranched alkanes of at least 4 members (excludes halogenated alkanes) is 32. The molecule has 550 valence electrons. The van der Waals surface area contributed by atoms with Crippen molar-refractivity contribution in [1.82, 2.24) is 0 Å². The highest BCUT2D eigenvalue weighted by molar-refractivity contribution is 7.47. The van der Waals surface area contributed by atoms with Gasteiger partial charge in [-0.2, -0.15) is 0 Å². The normalized spacial score (nSPS) is 14.6. The van der Waals surface area contributed by atoms with E-state index in [9.17, 15) is 43.5 Å². The molecule has 5 unspecified atom stereocenters. The molecule has 0 aliphatic heterocycles. The van der Waals surface area contributed by atoms with Crippen LogP contribution >= 0.6 is 15.6 Å². The molecule has 0 aromatic heterocycles. The molecule has 0 aliphatic carbocycles. The number of esters is 3. The van der Waals surface area contributed by atoms with Gasteiger partial charge in [-0.15, -0.1) is 0 Å². The van der Waals surface area contributed by atoms with Gasteiger partial charge < -0.3 is 34.2 Å². The van der Waals surface area contributed by atoms with Crippen molar-refractivity contribution in [2.75, 3.05) is 39.6 Å². The summed E-state index contributed by atoms with van der Waals surface area (Å²) in [5.41, 5.74) is 0. The number of aliphatic hydroxyl groups is 2. The minimum absolute atomic E-state index is 0.106. The molecule has 0 aromatic carbocycles. The Labute approximate surface area is 578 Å². The summed E-state index contributed by atoms with van der Waals surface area (Å²) in [6.45, 7) is 2.54. The molecule has 0 saturated carbocycles. The zero-order valence-electron chi connectivity index (χ0n) is 59.8. The summed E-state index contributed by atoms with van der Waals surface area (Å²) in [5, 5.41) is 20.6. The number of rotatable bonds is 71. The summed E-state index contributed by atoms with van der Waals surface area (Å²) in [4.78, 5) is 58.4. The lowest BCUT2D eigenvalue weighted by molar-refractivity contribution is -0.161. The van der Waals surface area contributed by atoms with Gasteiger partial charge in [0.2, 0.25) is 0 Å². The number of carbonyl (C=O) groups excluding carboxylic acids is 3. The Morgan fingerprint density at radius 2 is 0.558 bits per heavy atom. The van der Waals surface area contributed by atoms with Crippen LogP contribution in [0, 0.1) is 0 Å². The van der Waals surface area contributed by atoms with Crippen LogP contribution in [0.15, 0.2) is 97.2 Å². The molecule has 0 heterocycles. The quantitative estimate of drug-likeness (QED) is 0.0146. The molecule has 0 fully saturated rings. The van der Waals surface area contributed by atoms with E-state index in [0.717, 1.165) is 135 Å². The molecule has 16 nitrogen and oxygen atoms in total. The maximum atomic E-state index is 12.9. The number of phosphoric acid groups is 2. The highest BCUT2D eigenvalue weighted by Gasteiger charge is 2.29. The number of allylic oxidation sites excluding steroid dienone is 16. The molecule has 95 heavy (non-hydrogen) atoms. The van der Waals surface area contributed by atoms with Crippen LogP contribution in [0.4, 0.5) is 0 Å². The van der Waals surface area contributed by atoms with Crippen LogP contribution in [-0.2, 0) is 55.8 Å². The van der Waals surface area contributed by atoms with E-state index in [1.165, 1.54) is 122 Å². The Bertz CT molecular complexity index is 2120. The van der Waals surface area contributed by atoms with Gasteiger partial charge in [0, 0.05) is 19.3 Å². The van der Waals surface area contributed by atoms with E-state index < -0.39 is 91.5 Å². The molecule has 0 aliphatic rings. The predicted octanol–water partition coefficient (Wildman–Crippen LogP) is 21.4. The molecule has 5 atom stereocenters. The monoisotopic (exact) mass is 1380 g/mol. The van der Waals surface area contributed by atoms with Crippen molar-refractivity contribution in [2.45, 2.75) is 334 Å². The zero-order chi connectivity index (χ0) is 69.5. The van der Waals surface area contributed by atoms with E-state index in [1.54, 1.807) is 0 Å². The van der Waals surface area contributed by atoms with Crippen LogP contribution < -0.4 is 0 Å². The van der Waals surface area contributed by atoms with Crippen LogP contribution in [0.5, 0.6) is 0 Å². The molecule has 4 N–H and O–H groups in total. The van der Waals surface area contributed by atoms with Crippen LogP contribution in [0.3, 0.4) is 0 Å². The van der Waals surface area contributed by atoms with Crippen molar-refractivity contribution in [1.29, 1.82) is 0 Å². The van der Waals surface area contributed by atoms with E-state index >= 15 is 0 Å². The third kappa shape index (κ3) is 71.6. The Kier molecular flexibility index (Phi) is 67.7. The standard InChI is InChI=1S/C77H136O16P2/c1-4-7-10-13-16-19-22-25-27-28-29-30-31-32-33-34-35-36-37-38-39-40-41-42-44-47-48-51-54-57-60-63-75(80)87-66-72(78)67-89-94(83,84)90-68-73(79)69-91-95(85,86)92-71-74(93-77(82)65-62-59-56-53-50-45-24-21-18-15-12-9-6-3)70-88-76(81)64-61-58-55-52-49-46-43-26-23-20-17-14-11-8-5-2/h7,10,16-17,19-20,25-27,29-30,32-33,35-36,43,72-74,78-79H,4-6,8-9,11-15,18,21-24,28,31,34,37-42,44-71H2,1-3H3,(H,83,84)(H,85,86)/b10-7-,19-16-,20-17-,27-25-,30-29-,33-32-,36-35-,43-26-. The van der Waals surface area contributed by atoms with Crippen molar-refractivity contribution in [3.63, 3.8) is 0 Å². The molecule has 0 spiro atoms. The second kappa shape index (κ2) is 70.3. The van der Waals surface area contributed by atoms with Gasteiger partial charge in [0.15, 0.2) is 6.10 Å². The van der Waals surface area contributed by atoms with Crippen molar-refractivity contribution >= 4 is 33.6 Å². The first-order valence-corrected chi connectivity index (χ1v) is 40.5. The fourth-order valence-corrected chi connectivity index (χ4v) is 11.7. The van der Waals surface area contributed by atoms with Crippen LogP contribution in [-0.4, -0.2) is 95.9 Å². The van der Waals surface area contributed by atoms with E-state index in [4.69, 9.17) is 32.3 Å². The molecule has 0 aromatic rings. The molecule has 18 heteroatoms. The third-order valence-corrected chi connectivity index (χ3v) is 17.7. The minimum atomic E-state index is -4.92. The summed E-state index contributed by atoms with van der Waals surface area (Å²) in [6.07, 6.45) is 78.9. The number of hydrogen-bond acceptors (Lipinski definition) is 14. The average Bonchev–Trinajstić information content (AvgIpc) is 1.75. The number of aliphatic hydroxyl groups excluding tert-OH is 2. The van der Waals surface area contributed by atoms with Crippen molar-refractivity contribution in [2.24, 2.45) is 0 Å². The molecule has 0 saturated heterocycles. The summed E-state index contributed by atoms with van der Waals surface area (Å²) in [5.74, 6) is -1.58. The maximum Gasteiger partial charge on any atom is 0.472 e. The Balaban J connectivity index is 4.42. The summed E-state index contributed by atoms with van der Waals surface area (Å²) in [6, 6.07) is 0. The van der Waals surface area contributed by atoms with Gasteiger partial charge in [0.25, 0.3) is 0 Å². The second-order valence-corrected chi connectivity index (χ2v) is 28.0. The summed E-state index contributed by atoms with van der Waals surface area (Å²) < 4.78 is 61.0. The number of ether oxygens (including phenoxy) is 3. The largest absolute Gasteiger partial charge is 0.472 e. The van der Waals surface area contributed by atoms with E-state index in [1.807, 2.05) is 0 Å². The van der Waals surface area contributed by atoms with Gasteiger partial charge >= 0.3 is 33.6 Å². The molecule has 0 bridgehead atoms. The van der Waals surface area contributed by atoms with Crippen LogP contribution in [0.2, 0.25) is 0 Å². The number of carbonyl (C=O) groups is 3. The molecule has 0 radical (unpaired) electrons. The zero-order valence-corrected chi connectivity index (χ0v) is 61.6. The third-order valence-electron chi connectivity index (χ3n) is 15.8. The van der Waals surface area contributed by atoms with Gasteiger partial charge in [-0.1, -0.05) is 291 Å². The van der Waals surface area contributed by atoms with Gasteiger partial charge in [0.05, 0.1) is 26.4 Å². The van der Waals surface area contributed by atoms with Crippen molar-refractivity contribution in [3.8, 4) is 0 Å². The molecular formula is C77H136O16P2. The lowest BCUT2D eigenvalue weighted by Crippen LogP contribution is -2.30. The van der Waals surface area contributed by atoms with Crippen LogP contribution in [0.1, 0.15) is 316 Å². The lowest BCUT2D eigenvalue weighted by atomic mass is 10.0. The second-order valence-electron chi connectivity index (χ2n) is 25.1. The molecular weight excluding hydrogens is 1240 g/mol. The fourth-order valence-electron chi connectivity index (χ4n) is 10.1. The lowest BCUT2D eigenvalue weighted by Gasteiger charge is -2.21. The summed E-state index contributed by atoms with van der Waals surface area (Å²) in [7, 11) is -9.77. The molecule has 0 amide bonds. The number of phosphoric ester groups is 2.